The monoisotopic (exact) mass is 154 g/mol. The van der Waals surface area contributed by atoms with Crippen molar-refractivity contribution < 1.29 is 4.79 Å². The van der Waals surface area contributed by atoms with Crippen LogP contribution in [0.25, 0.3) is 0 Å². The highest BCUT2D eigenvalue weighted by Gasteiger charge is 2.25. The summed E-state index contributed by atoms with van der Waals surface area (Å²) in [4.78, 5) is 11.4. The van der Waals surface area contributed by atoms with E-state index >= 15 is 0 Å². The van der Waals surface area contributed by atoms with Crippen LogP contribution in [0.3, 0.4) is 0 Å². The van der Waals surface area contributed by atoms with Gasteiger partial charge in [0.15, 0.2) is 0 Å². The number of Topliss-reactive ketones (excluding diaryl/α,β-unsaturated/α-hetero) is 1. The normalized spacial score (nSPS) is 28.5. The largest absolute Gasteiger partial charge is 0.299 e. The molecule has 1 nitrogen and oxygen atoms in total. The fourth-order valence-corrected chi connectivity index (χ4v) is 1.90. The highest BCUT2D eigenvalue weighted by atomic mass is 16.1. The topological polar surface area (TPSA) is 17.1 Å². The standard InChI is InChI=1S/C10H18O/c1-3-8(2)9-6-4-5-7-10(9)11/h8-9H,3-7H2,1-2H3/t8-,9-/m0/s1. The molecule has 0 saturated heterocycles. The average molecular weight is 154 g/mol. The van der Waals surface area contributed by atoms with Gasteiger partial charge in [0.2, 0.25) is 0 Å². The highest BCUT2D eigenvalue weighted by Crippen LogP contribution is 2.28. The van der Waals surface area contributed by atoms with Crippen molar-refractivity contribution in [1.29, 1.82) is 0 Å². The van der Waals surface area contributed by atoms with Crippen LogP contribution in [0.1, 0.15) is 46.0 Å². The van der Waals surface area contributed by atoms with E-state index in [1.54, 1.807) is 0 Å². The predicted molar refractivity (Wildman–Crippen MR) is 46.4 cm³/mol. The van der Waals surface area contributed by atoms with Crippen molar-refractivity contribution in [3.63, 3.8) is 0 Å². The molecule has 1 aliphatic rings. The zero-order valence-corrected chi connectivity index (χ0v) is 7.60. The molecule has 0 aromatic rings. The van der Waals surface area contributed by atoms with Gasteiger partial charge in [0, 0.05) is 12.3 Å². The molecule has 0 aliphatic heterocycles. The minimum atomic E-state index is 0.397. The lowest BCUT2D eigenvalue weighted by molar-refractivity contribution is -0.126. The third kappa shape index (κ3) is 2.05. The summed E-state index contributed by atoms with van der Waals surface area (Å²) in [5, 5.41) is 0. The third-order valence-electron chi connectivity index (χ3n) is 2.93. The van der Waals surface area contributed by atoms with Crippen LogP contribution in [0.15, 0.2) is 0 Å². The maximum absolute atomic E-state index is 11.4. The molecule has 0 radical (unpaired) electrons. The third-order valence-corrected chi connectivity index (χ3v) is 2.93. The van der Waals surface area contributed by atoms with E-state index in [1.165, 1.54) is 6.42 Å². The first kappa shape index (κ1) is 8.76. The van der Waals surface area contributed by atoms with E-state index in [0.29, 0.717) is 17.6 Å². The molecule has 1 heteroatoms. The molecule has 0 aromatic carbocycles. The molecule has 0 aromatic heterocycles. The summed E-state index contributed by atoms with van der Waals surface area (Å²) in [5.41, 5.74) is 0. The molecule has 64 valence electrons. The van der Waals surface area contributed by atoms with Gasteiger partial charge >= 0.3 is 0 Å². The summed E-state index contributed by atoms with van der Waals surface area (Å²) in [5.74, 6) is 1.53. The lowest BCUT2D eigenvalue weighted by atomic mass is 9.79. The summed E-state index contributed by atoms with van der Waals surface area (Å²) in [6.07, 6.45) is 5.53. The van der Waals surface area contributed by atoms with Gasteiger partial charge in [-0.25, -0.2) is 0 Å². The van der Waals surface area contributed by atoms with Crippen LogP contribution < -0.4 is 0 Å². The summed E-state index contributed by atoms with van der Waals surface area (Å²) in [6, 6.07) is 0. The summed E-state index contributed by atoms with van der Waals surface area (Å²) < 4.78 is 0. The summed E-state index contributed by atoms with van der Waals surface area (Å²) in [7, 11) is 0. The highest BCUT2D eigenvalue weighted by molar-refractivity contribution is 5.81. The SMILES string of the molecule is CC[C@H](C)[C@@H]1CCCCC1=O. The van der Waals surface area contributed by atoms with Crippen molar-refractivity contribution in [1.82, 2.24) is 0 Å². The van der Waals surface area contributed by atoms with Crippen molar-refractivity contribution in [2.45, 2.75) is 46.0 Å². The van der Waals surface area contributed by atoms with Gasteiger partial charge in [0.1, 0.15) is 5.78 Å². The van der Waals surface area contributed by atoms with E-state index < -0.39 is 0 Å². The Morgan fingerprint density at radius 3 is 2.82 bits per heavy atom. The van der Waals surface area contributed by atoms with Gasteiger partial charge in [-0.2, -0.15) is 0 Å². The van der Waals surface area contributed by atoms with E-state index in [1.807, 2.05) is 0 Å². The lowest BCUT2D eigenvalue weighted by Crippen LogP contribution is -2.24. The van der Waals surface area contributed by atoms with Crippen molar-refractivity contribution in [2.24, 2.45) is 11.8 Å². The number of hydrogen-bond acceptors (Lipinski definition) is 1. The van der Waals surface area contributed by atoms with Gasteiger partial charge in [-0.1, -0.05) is 26.7 Å². The van der Waals surface area contributed by atoms with Crippen LogP contribution in [0.4, 0.5) is 0 Å². The fourth-order valence-electron chi connectivity index (χ4n) is 1.90. The Morgan fingerprint density at radius 2 is 2.27 bits per heavy atom. The molecular weight excluding hydrogens is 136 g/mol. The molecule has 1 aliphatic carbocycles. The van der Waals surface area contributed by atoms with Crippen LogP contribution in [0, 0.1) is 11.8 Å². The maximum atomic E-state index is 11.4. The summed E-state index contributed by atoms with van der Waals surface area (Å²) >= 11 is 0. The second-order valence-electron chi connectivity index (χ2n) is 3.70. The fraction of sp³-hybridized carbons (Fsp3) is 0.900. The first-order valence-corrected chi connectivity index (χ1v) is 4.78. The number of ketones is 1. The van der Waals surface area contributed by atoms with Crippen LogP contribution in [-0.2, 0) is 4.79 Å². The van der Waals surface area contributed by atoms with Crippen LogP contribution in [0.5, 0.6) is 0 Å². The number of rotatable bonds is 2. The van der Waals surface area contributed by atoms with Gasteiger partial charge in [0.25, 0.3) is 0 Å². The minimum Gasteiger partial charge on any atom is -0.299 e. The second kappa shape index (κ2) is 3.89. The van der Waals surface area contributed by atoms with Crippen molar-refractivity contribution in [3.8, 4) is 0 Å². The molecule has 0 bridgehead atoms. The van der Waals surface area contributed by atoms with Crippen LogP contribution in [-0.4, -0.2) is 5.78 Å². The Labute approximate surface area is 69.2 Å². The predicted octanol–water partition coefficient (Wildman–Crippen LogP) is 2.79. The molecule has 0 amide bonds. The zero-order chi connectivity index (χ0) is 8.27. The number of carbonyl (C=O) groups is 1. The molecule has 0 spiro atoms. The Morgan fingerprint density at radius 1 is 1.55 bits per heavy atom. The zero-order valence-electron chi connectivity index (χ0n) is 7.60. The van der Waals surface area contributed by atoms with E-state index in [9.17, 15) is 4.79 Å². The van der Waals surface area contributed by atoms with E-state index in [0.717, 1.165) is 25.7 Å². The van der Waals surface area contributed by atoms with E-state index in [4.69, 9.17) is 0 Å². The lowest BCUT2D eigenvalue weighted by Gasteiger charge is -2.25. The van der Waals surface area contributed by atoms with Gasteiger partial charge in [-0.15, -0.1) is 0 Å². The van der Waals surface area contributed by atoms with Gasteiger partial charge in [-0.3, -0.25) is 4.79 Å². The van der Waals surface area contributed by atoms with E-state index in [-0.39, 0.29) is 0 Å². The van der Waals surface area contributed by atoms with Gasteiger partial charge in [0.05, 0.1) is 0 Å². The van der Waals surface area contributed by atoms with Crippen molar-refractivity contribution in [3.05, 3.63) is 0 Å². The Kier molecular flexibility index (Phi) is 3.10. The Balaban J connectivity index is 2.47. The van der Waals surface area contributed by atoms with Gasteiger partial charge < -0.3 is 0 Å². The molecule has 1 fully saturated rings. The molecule has 1 saturated carbocycles. The molecule has 11 heavy (non-hydrogen) atoms. The smallest absolute Gasteiger partial charge is 0.136 e. The van der Waals surface area contributed by atoms with Crippen LogP contribution in [0.2, 0.25) is 0 Å². The first-order chi connectivity index (χ1) is 5.25. The molecule has 1 rings (SSSR count). The van der Waals surface area contributed by atoms with Crippen molar-refractivity contribution >= 4 is 5.78 Å². The maximum Gasteiger partial charge on any atom is 0.136 e. The second-order valence-corrected chi connectivity index (χ2v) is 3.70. The minimum absolute atomic E-state index is 0.397. The summed E-state index contributed by atoms with van der Waals surface area (Å²) in [6.45, 7) is 4.38. The average Bonchev–Trinajstić information content (AvgIpc) is 2.04. The molecule has 0 heterocycles. The molecule has 0 N–H and O–H groups in total. The molecule has 2 atom stereocenters. The number of hydrogen-bond donors (Lipinski definition) is 0. The quantitative estimate of drug-likeness (QED) is 0.597. The number of carbonyl (C=O) groups excluding carboxylic acids is 1. The molecular formula is C10H18O. The first-order valence-electron chi connectivity index (χ1n) is 4.78. The van der Waals surface area contributed by atoms with Crippen molar-refractivity contribution in [2.75, 3.05) is 0 Å². The van der Waals surface area contributed by atoms with Crippen LogP contribution >= 0.6 is 0 Å². The Hall–Kier alpha value is -0.330. The Bertz CT molecular complexity index is 140. The van der Waals surface area contributed by atoms with E-state index in [2.05, 4.69) is 13.8 Å². The van der Waals surface area contributed by atoms with Gasteiger partial charge in [-0.05, 0) is 18.8 Å². The molecule has 0 unspecified atom stereocenters.